The van der Waals surface area contributed by atoms with Gasteiger partial charge in [0.1, 0.15) is 5.75 Å². The van der Waals surface area contributed by atoms with Gasteiger partial charge in [-0.05, 0) is 24.1 Å². The van der Waals surface area contributed by atoms with Crippen LogP contribution in [0.15, 0.2) is 54.6 Å². The van der Waals surface area contributed by atoms with Gasteiger partial charge >= 0.3 is 0 Å². The lowest BCUT2D eigenvalue weighted by Gasteiger charge is -2.09. The molecule has 2 N–H and O–H groups in total. The highest BCUT2D eigenvalue weighted by atomic mass is 32.2. The first kappa shape index (κ1) is 19.0. The van der Waals surface area contributed by atoms with Crippen LogP contribution in [-0.2, 0) is 20.6 Å². The average molecular weight is 362 g/mol. The topological polar surface area (TPSA) is 84.5 Å². The fraction of sp³-hybridized carbons (Fsp3) is 0.278. The first-order valence-electron chi connectivity index (χ1n) is 7.96. The zero-order chi connectivity index (χ0) is 18.1. The molecule has 0 saturated heterocycles. The minimum absolute atomic E-state index is 0.0343. The maximum atomic E-state index is 12.0. The van der Waals surface area contributed by atoms with E-state index in [9.17, 15) is 13.2 Å². The minimum atomic E-state index is -3.35. The molecule has 0 radical (unpaired) electrons. The molecule has 7 heteroatoms. The lowest BCUT2D eigenvalue weighted by Crippen LogP contribution is -2.27. The quantitative estimate of drug-likeness (QED) is 0.672. The van der Waals surface area contributed by atoms with E-state index in [4.69, 9.17) is 4.74 Å². The van der Waals surface area contributed by atoms with E-state index in [1.165, 1.54) is 6.92 Å². The summed E-state index contributed by atoms with van der Waals surface area (Å²) in [5.41, 5.74) is 1.41. The van der Waals surface area contributed by atoms with Gasteiger partial charge in [0.25, 0.3) is 0 Å². The summed E-state index contributed by atoms with van der Waals surface area (Å²) in [6.45, 7) is 2.12. The molecule has 2 aromatic carbocycles. The van der Waals surface area contributed by atoms with E-state index in [2.05, 4.69) is 10.0 Å². The van der Waals surface area contributed by atoms with Crippen LogP contribution < -0.4 is 14.8 Å². The molecule has 0 bridgehead atoms. The molecule has 0 saturated carbocycles. The van der Waals surface area contributed by atoms with Crippen molar-refractivity contribution in [2.45, 2.75) is 19.1 Å². The maximum absolute atomic E-state index is 12.0. The molecule has 25 heavy (non-hydrogen) atoms. The molecular formula is C18H22N2O4S. The fourth-order valence-corrected chi connectivity index (χ4v) is 3.39. The molecule has 0 unspecified atom stereocenters. The van der Waals surface area contributed by atoms with Crippen molar-refractivity contribution in [1.82, 2.24) is 4.72 Å². The summed E-state index contributed by atoms with van der Waals surface area (Å²) < 4.78 is 32.1. The summed E-state index contributed by atoms with van der Waals surface area (Å²) in [4.78, 5) is 11.0. The van der Waals surface area contributed by atoms with Crippen LogP contribution in [0.1, 0.15) is 18.9 Å². The van der Waals surface area contributed by atoms with Crippen LogP contribution in [0.3, 0.4) is 0 Å². The van der Waals surface area contributed by atoms with Crippen molar-refractivity contribution < 1.29 is 17.9 Å². The number of hydrogen-bond donors (Lipinski definition) is 2. The predicted molar refractivity (Wildman–Crippen MR) is 97.9 cm³/mol. The Hall–Kier alpha value is -2.38. The fourth-order valence-electron chi connectivity index (χ4n) is 2.20. The van der Waals surface area contributed by atoms with Crippen LogP contribution in [0, 0.1) is 0 Å². The van der Waals surface area contributed by atoms with E-state index in [0.29, 0.717) is 31.0 Å². The molecule has 0 aliphatic carbocycles. The Morgan fingerprint density at radius 2 is 1.84 bits per heavy atom. The third-order valence-corrected chi connectivity index (χ3v) is 4.62. The Balaban J connectivity index is 1.71. The number of carbonyl (C=O) groups is 1. The number of carbonyl (C=O) groups excluding carboxylic acids is 1. The smallest absolute Gasteiger partial charge is 0.221 e. The molecule has 134 valence electrons. The molecular weight excluding hydrogens is 340 g/mol. The number of ether oxygens (including phenoxy) is 1. The van der Waals surface area contributed by atoms with Crippen molar-refractivity contribution in [3.8, 4) is 5.75 Å². The van der Waals surface area contributed by atoms with Crippen molar-refractivity contribution >= 4 is 21.6 Å². The second kappa shape index (κ2) is 9.19. The van der Waals surface area contributed by atoms with Crippen molar-refractivity contribution in [3.63, 3.8) is 0 Å². The first-order valence-corrected chi connectivity index (χ1v) is 9.61. The van der Waals surface area contributed by atoms with E-state index in [1.54, 1.807) is 36.4 Å². The van der Waals surface area contributed by atoms with E-state index < -0.39 is 10.0 Å². The number of rotatable bonds is 9. The summed E-state index contributed by atoms with van der Waals surface area (Å²) in [6.07, 6.45) is 0.540. The Bertz CT molecular complexity index is 792. The molecule has 0 aliphatic rings. The maximum Gasteiger partial charge on any atom is 0.221 e. The van der Waals surface area contributed by atoms with Gasteiger partial charge in [-0.15, -0.1) is 0 Å². The third-order valence-electron chi connectivity index (χ3n) is 3.27. The third kappa shape index (κ3) is 7.36. The lowest BCUT2D eigenvalue weighted by atomic mass is 10.2. The van der Waals surface area contributed by atoms with Crippen LogP contribution in [0.25, 0.3) is 0 Å². The normalized spacial score (nSPS) is 11.1. The van der Waals surface area contributed by atoms with Gasteiger partial charge < -0.3 is 10.1 Å². The van der Waals surface area contributed by atoms with Crippen molar-refractivity contribution in [1.29, 1.82) is 0 Å². The van der Waals surface area contributed by atoms with Gasteiger partial charge in [-0.2, -0.15) is 0 Å². The molecule has 6 nitrogen and oxygen atoms in total. The van der Waals surface area contributed by atoms with E-state index >= 15 is 0 Å². The number of sulfonamides is 1. The van der Waals surface area contributed by atoms with Crippen LogP contribution in [-0.4, -0.2) is 27.5 Å². The molecule has 0 aromatic heterocycles. The van der Waals surface area contributed by atoms with Gasteiger partial charge in [0.15, 0.2) is 0 Å². The Kier molecular flexibility index (Phi) is 6.97. The van der Waals surface area contributed by atoms with Crippen LogP contribution in [0.4, 0.5) is 5.69 Å². The zero-order valence-electron chi connectivity index (χ0n) is 14.1. The second-order valence-electron chi connectivity index (χ2n) is 5.55. The number of amides is 1. The first-order chi connectivity index (χ1) is 11.9. The highest BCUT2D eigenvalue weighted by Crippen LogP contribution is 2.17. The second-order valence-corrected chi connectivity index (χ2v) is 7.36. The highest BCUT2D eigenvalue weighted by molar-refractivity contribution is 7.88. The van der Waals surface area contributed by atoms with Gasteiger partial charge in [-0.3, -0.25) is 4.79 Å². The van der Waals surface area contributed by atoms with Crippen molar-refractivity contribution in [2.75, 3.05) is 18.5 Å². The molecule has 0 fully saturated rings. The van der Waals surface area contributed by atoms with Gasteiger partial charge in [0.2, 0.25) is 15.9 Å². The standard InChI is InChI=1S/C18H22N2O4S/c1-15(21)20-17-9-5-10-18(13-17)24-12-6-11-19-25(22,23)14-16-7-3-2-4-8-16/h2-5,7-10,13,19H,6,11-12,14H2,1H3,(H,20,21). The van der Waals surface area contributed by atoms with Crippen molar-refractivity contribution in [3.05, 3.63) is 60.2 Å². The van der Waals surface area contributed by atoms with E-state index in [0.717, 1.165) is 5.56 Å². The SMILES string of the molecule is CC(=O)Nc1cccc(OCCCNS(=O)(=O)Cc2ccccc2)c1. The zero-order valence-corrected chi connectivity index (χ0v) is 14.9. The lowest BCUT2D eigenvalue weighted by molar-refractivity contribution is -0.114. The summed E-state index contributed by atoms with van der Waals surface area (Å²) >= 11 is 0. The van der Waals surface area contributed by atoms with Crippen LogP contribution >= 0.6 is 0 Å². The van der Waals surface area contributed by atoms with Gasteiger partial charge in [-0.1, -0.05) is 36.4 Å². The summed E-state index contributed by atoms with van der Waals surface area (Å²) in [5, 5.41) is 2.68. The van der Waals surface area contributed by atoms with Gasteiger partial charge in [0, 0.05) is 25.2 Å². The molecule has 2 aromatic rings. The number of anilines is 1. The highest BCUT2D eigenvalue weighted by Gasteiger charge is 2.10. The van der Waals surface area contributed by atoms with Crippen LogP contribution in [0.2, 0.25) is 0 Å². The Labute approximate surface area is 148 Å². The largest absolute Gasteiger partial charge is 0.493 e. The average Bonchev–Trinajstić information content (AvgIpc) is 2.54. The molecule has 1 amide bonds. The molecule has 0 spiro atoms. The van der Waals surface area contributed by atoms with Gasteiger partial charge in [-0.25, -0.2) is 13.1 Å². The number of nitrogens with one attached hydrogen (secondary N) is 2. The summed E-state index contributed by atoms with van der Waals surface area (Å²) in [7, 11) is -3.35. The predicted octanol–water partition coefficient (Wildman–Crippen LogP) is 2.53. The molecule has 2 rings (SSSR count). The minimum Gasteiger partial charge on any atom is -0.493 e. The molecule has 0 atom stereocenters. The monoisotopic (exact) mass is 362 g/mol. The Morgan fingerprint density at radius 1 is 1.08 bits per heavy atom. The number of benzene rings is 2. The van der Waals surface area contributed by atoms with Crippen molar-refractivity contribution in [2.24, 2.45) is 0 Å². The number of hydrogen-bond acceptors (Lipinski definition) is 4. The summed E-state index contributed by atoms with van der Waals surface area (Å²) in [6, 6.07) is 16.1. The van der Waals surface area contributed by atoms with Gasteiger partial charge in [0.05, 0.1) is 12.4 Å². The van der Waals surface area contributed by atoms with E-state index in [1.807, 2.05) is 18.2 Å². The molecule has 0 aliphatic heterocycles. The Morgan fingerprint density at radius 3 is 2.56 bits per heavy atom. The van der Waals surface area contributed by atoms with E-state index in [-0.39, 0.29) is 11.7 Å². The van der Waals surface area contributed by atoms with Crippen LogP contribution in [0.5, 0.6) is 5.75 Å². The molecule has 0 heterocycles. The summed E-state index contributed by atoms with van der Waals surface area (Å²) in [5.74, 6) is 0.441.